The highest BCUT2D eigenvalue weighted by Crippen LogP contribution is 2.22. The van der Waals surface area contributed by atoms with Crippen molar-refractivity contribution in [3.63, 3.8) is 0 Å². The molecule has 0 unspecified atom stereocenters. The van der Waals surface area contributed by atoms with Gasteiger partial charge < -0.3 is 4.74 Å². The Morgan fingerprint density at radius 2 is 2.08 bits per heavy atom. The molecule has 0 aromatic heterocycles. The molecule has 2 heteroatoms. The Kier molecular flexibility index (Phi) is 3.29. The fourth-order valence-electron chi connectivity index (χ4n) is 1.15. The van der Waals surface area contributed by atoms with Gasteiger partial charge in [-0.3, -0.25) is 0 Å². The van der Waals surface area contributed by atoms with Crippen molar-refractivity contribution in [2.75, 3.05) is 6.61 Å². The van der Waals surface area contributed by atoms with Gasteiger partial charge >= 0.3 is 0 Å². The maximum atomic E-state index is 13.3. The van der Waals surface area contributed by atoms with Crippen molar-refractivity contribution in [2.24, 2.45) is 0 Å². The standard InChI is InChI=1S/C11H15FO/c1-4-13-11-6-5-9(8(2)3)7-10(11)12/h5-8H,4H2,1-3H3. The third-order valence-corrected chi connectivity index (χ3v) is 1.92. The first kappa shape index (κ1) is 10.0. The zero-order chi connectivity index (χ0) is 9.84. The molecular formula is C11H15FO. The molecule has 0 saturated carbocycles. The molecule has 72 valence electrons. The summed E-state index contributed by atoms with van der Waals surface area (Å²) < 4.78 is 18.4. The van der Waals surface area contributed by atoms with Crippen LogP contribution in [0.1, 0.15) is 32.3 Å². The molecule has 1 rings (SSSR count). The predicted molar refractivity (Wildman–Crippen MR) is 51.7 cm³/mol. The van der Waals surface area contributed by atoms with Crippen LogP contribution in [-0.4, -0.2) is 6.61 Å². The van der Waals surface area contributed by atoms with E-state index in [1.807, 2.05) is 26.8 Å². The van der Waals surface area contributed by atoms with E-state index in [1.54, 1.807) is 6.07 Å². The van der Waals surface area contributed by atoms with Gasteiger partial charge in [-0.05, 0) is 30.5 Å². The van der Waals surface area contributed by atoms with Crippen LogP contribution < -0.4 is 4.74 Å². The smallest absolute Gasteiger partial charge is 0.165 e. The van der Waals surface area contributed by atoms with Crippen molar-refractivity contribution in [1.82, 2.24) is 0 Å². The summed E-state index contributed by atoms with van der Waals surface area (Å²) in [4.78, 5) is 0. The number of benzene rings is 1. The van der Waals surface area contributed by atoms with Gasteiger partial charge in [-0.15, -0.1) is 0 Å². The third-order valence-electron chi connectivity index (χ3n) is 1.92. The number of ether oxygens (including phenoxy) is 1. The normalized spacial score (nSPS) is 10.5. The molecule has 0 aliphatic heterocycles. The van der Waals surface area contributed by atoms with Crippen molar-refractivity contribution in [2.45, 2.75) is 26.7 Å². The Bertz CT molecular complexity index is 281. The van der Waals surface area contributed by atoms with Crippen molar-refractivity contribution in [3.05, 3.63) is 29.6 Å². The molecule has 0 atom stereocenters. The van der Waals surface area contributed by atoms with Crippen LogP contribution in [0.5, 0.6) is 5.75 Å². The Morgan fingerprint density at radius 1 is 1.38 bits per heavy atom. The molecule has 1 nitrogen and oxygen atoms in total. The van der Waals surface area contributed by atoms with Crippen LogP contribution >= 0.6 is 0 Å². The summed E-state index contributed by atoms with van der Waals surface area (Å²) >= 11 is 0. The average Bonchev–Trinajstić information content (AvgIpc) is 2.08. The van der Waals surface area contributed by atoms with E-state index in [0.29, 0.717) is 18.3 Å². The Hall–Kier alpha value is -1.05. The molecular weight excluding hydrogens is 167 g/mol. The second-order valence-electron chi connectivity index (χ2n) is 3.28. The van der Waals surface area contributed by atoms with Gasteiger partial charge in [0.2, 0.25) is 0 Å². The number of rotatable bonds is 3. The lowest BCUT2D eigenvalue weighted by Crippen LogP contribution is -1.96. The van der Waals surface area contributed by atoms with E-state index in [9.17, 15) is 4.39 Å². The molecule has 0 fully saturated rings. The lowest BCUT2D eigenvalue weighted by Gasteiger charge is -2.08. The van der Waals surface area contributed by atoms with E-state index in [-0.39, 0.29) is 5.82 Å². The first-order chi connectivity index (χ1) is 6.15. The molecule has 0 bridgehead atoms. The highest BCUT2D eigenvalue weighted by atomic mass is 19.1. The summed E-state index contributed by atoms with van der Waals surface area (Å²) in [6, 6.07) is 5.13. The largest absolute Gasteiger partial charge is 0.491 e. The van der Waals surface area contributed by atoms with E-state index in [1.165, 1.54) is 6.07 Å². The zero-order valence-electron chi connectivity index (χ0n) is 8.30. The minimum Gasteiger partial charge on any atom is -0.491 e. The molecule has 0 saturated heterocycles. The minimum atomic E-state index is -0.270. The maximum absolute atomic E-state index is 13.3. The Morgan fingerprint density at radius 3 is 2.54 bits per heavy atom. The average molecular weight is 182 g/mol. The highest BCUT2D eigenvalue weighted by molar-refractivity contribution is 5.30. The van der Waals surface area contributed by atoms with Crippen LogP contribution in [0.15, 0.2) is 18.2 Å². The summed E-state index contributed by atoms with van der Waals surface area (Å²) in [5.74, 6) is 0.421. The molecule has 0 N–H and O–H groups in total. The maximum Gasteiger partial charge on any atom is 0.165 e. The number of halogens is 1. The number of hydrogen-bond acceptors (Lipinski definition) is 1. The van der Waals surface area contributed by atoms with Gasteiger partial charge in [0.05, 0.1) is 6.61 Å². The Labute approximate surface area is 78.5 Å². The molecule has 1 aromatic carbocycles. The van der Waals surface area contributed by atoms with E-state index in [0.717, 1.165) is 5.56 Å². The molecule has 13 heavy (non-hydrogen) atoms. The predicted octanol–water partition coefficient (Wildman–Crippen LogP) is 3.35. The SMILES string of the molecule is CCOc1ccc(C(C)C)cc1F. The van der Waals surface area contributed by atoms with Crippen LogP contribution in [0.3, 0.4) is 0 Å². The van der Waals surface area contributed by atoms with Crippen LogP contribution in [-0.2, 0) is 0 Å². The third kappa shape index (κ3) is 2.44. The monoisotopic (exact) mass is 182 g/mol. The van der Waals surface area contributed by atoms with Gasteiger partial charge in [-0.2, -0.15) is 0 Å². The molecule has 0 aliphatic rings. The lowest BCUT2D eigenvalue weighted by atomic mass is 10.0. The van der Waals surface area contributed by atoms with Gasteiger partial charge in [0.1, 0.15) is 0 Å². The Balaban J connectivity index is 2.92. The van der Waals surface area contributed by atoms with Crippen molar-refractivity contribution in [1.29, 1.82) is 0 Å². The second kappa shape index (κ2) is 4.26. The topological polar surface area (TPSA) is 9.23 Å². The van der Waals surface area contributed by atoms with E-state index in [2.05, 4.69) is 0 Å². The van der Waals surface area contributed by atoms with E-state index >= 15 is 0 Å². The molecule has 0 amide bonds. The van der Waals surface area contributed by atoms with Gasteiger partial charge in [-0.1, -0.05) is 19.9 Å². The first-order valence-electron chi connectivity index (χ1n) is 4.57. The molecule has 0 heterocycles. The first-order valence-corrected chi connectivity index (χ1v) is 4.57. The summed E-state index contributed by atoms with van der Waals surface area (Å²) in [5.41, 5.74) is 1.00. The van der Waals surface area contributed by atoms with E-state index in [4.69, 9.17) is 4.74 Å². The fraction of sp³-hybridized carbons (Fsp3) is 0.455. The zero-order valence-corrected chi connectivity index (χ0v) is 8.30. The number of hydrogen-bond donors (Lipinski definition) is 0. The minimum absolute atomic E-state index is 0.270. The summed E-state index contributed by atoms with van der Waals surface area (Å²) in [5, 5.41) is 0. The lowest BCUT2D eigenvalue weighted by molar-refractivity contribution is 0.321. The van der Waals surface area contributed by atoms with Crippen molar-refractivity contribution < 1.29 is 9.13 Å². The summed E-state index contributed by atoms with van der Waals surface area (Å²) in [6.45, 7) is 6.41. The van der Waals surface area contributed by atoms with Crippen LogP contribution in [0.4, 0.5) is 4.39 Å². The van der Waals surface area contributed by atoms with Gasteiger partial charge in [-0.25, -0.2) is 4.39 Å². The highest BCUT2D eigenvalue weighted by Gasteiger charge is 2.05. The van der Waals surface area contributed by atoms with Gasteiger partial charge in [0.25, 0.3) is 0 Å². The van der Waals surface area contributed by atoms with Crippen LogP contribution in [0.25, 0.3) is 0 Å². The quantitative estimate of drug-likeness (QED) is 0.696. The second-order valence-corrected chi connectivity index (χ2v) is 3.28. The van der Waals surface area contributed by atoms with Gasteiger partial charge in [0.15, 0.2) is 11.6 Å². The van der Waals surface area contributed by atoms with Crippen molar-refractivity contribution in [3.8, 4) is 5.75 Å². The molecule has 0 radical (unpaired) electrons. The van der Waals surface area contributed by atoms with E-state index < -0.39 is 0 Å². The summed E-state index contributed by atoms with van der Waals surface area (Å²) in [7, 11) is 0. The van der Waals surface area contributed by atoms with Crippen LogP contribution in [0.2, 0.25) is 0 Å². The molecule has 0 aliphatic carbocycles. The van der Waals surface area contributed by atoms with Crippen molar-refractivity contribution >= 4 is 0 Å². The molecule has 0 spiro atoms. The summed E-state index contributed by atoms with van der Waals surface area (Å²) in [6.07, 6.45) is 0. The van der Waals surface area contributed by atoms with Gasteiger partial charge in [0, 0.05) is 0 Å². The fourth-order valence-corrected chi connectivity index (χ4v) is 1.15. The molecule has 1 aromatic rings. The van der Waals surface area contributed by atoms with Crippen LogP contribution in [0, 0.1) is 5.82 Å².